The summed E-state index contributed by atoms with van der Waals surface area (Å²) in [7, 11) is -3.21. The Bertz CT molecular complexity index is 690. The van der Waals surface area contributed by atoms with Gasteiger partial charge in [0, 0.05) is 57.1 Å². The maximum absolute atomic E-state index is 11.6. The predicted molar refractivity (Wildman–Crippen MR) is 102 cm³/mol. The normalized spacial score (nSPS) is 23.7. The van der Waals surface area contributed by atoms with Crippen molar-refractivity contribution in [1.29, 1.82) is 0 Å². The molecule has 5 nitrogen and oxygen atoms in total. The Balaban J connectivity index is 1.58. The second kappa shape index (κ2) is 8.35. The van der Waals surface area contributed by atoms with Gasteiger partial charge in [0.05, 0.1) is 4.90 Å². The Labute approximate surface area is 156 Å². The van der Waals surface area contributed by atoms with Crippen molar-refractivity contribution in [1.82, 2.24) is 15.1 Å². The van der Waals surface area contributed by atoms with Crippen LogP contribution in [0.5, 0.6) is 0 Å². The summed E-state index contributed by atoms with van der Waals surface area (Å²) in [4.78, 5) is 5.31. The van der Waals surface area contributed by atoms with Gasteiger partial charge in [0.25, 0.3) is 0 Å². The van der Waals surface area contributed by atoms with Crippen molar-refractivity contribution in [2.24, 2.45) is 5.92 Å². The van der Waals surface area contributed by atoms with E-state index in [1.807, 2.05) is 6.07 Å². The minimum Gasteiger partial charge on any atom is -0.314 e. The largest absolute Gasteiger partial charge is 0.314 e. The van der Waals surface area contributed by atoms with Crippen molar-refractivity contribution >= 4 is 21.4 Å². The molecule has 2 aliphatic rings. The number of likely N-dealkylation sites (tertiary alicyclic amines) is 1. The molecule has 0 aromatic heterocycles. The standard InChI is InChI=1S/C18H28ClN3O2S/c1-25(23,24)17-5-4-16(18(19)11-17)14-22-8-2-3-15(13-22)12-21-9-6-20-7-10-21/h4-5,11,15,20H,2-3,6-10,12-14H2,1H3/t15-/m0/s1. The fraction of sp³-hybridized carbons (Fsp3) is 0.667. The third-order valence-electron chi connectivity index (χ3n) is 5.18. The predicted octanol–water partition coefficient (Wildman–Crippen LogP) is 1.86. The molecule has 3 rings (SSSR count). The van der Waals surface area contributed by atoms with Crippen LogP contribution in [0.3, 0.4) is 0 Å². The number of hydrogen-bond acceptors (Lipinski definition) is 5. The van der Waals surface area contributed by atoms with Crippen LogP contribution in [0.25, 0.3) is 0 Å². The van der Waals surface area contributed by atoms with Gasteiger partial charge in [-0.15, -0.1) is 0 Å². The van der Waals surface area contributed by atoms with Gasteiger partial charge >= 0.3 is 0 Å². The molecule has 0 saturated carbocycles. The first kappa shape index (κ1) is 19.1. The van der Waals surface area contributed by atoms with E-state index in [-0.39, 0.29) is 4.90 Å². The van der Waals surface area contributed by atoms with Crippen molar-refractivity contribution in [2.75, 3.05) is 52.1 Å². The fourth-order valence-electron chi connectivity index (χ4n) is 3.83. The average molecular weight is 386 g/mol. The minimum absolute atomic E-state index is 0.288. The Morgan fingerprint density at radius 3 is 2.64 bits per heavy atom. The third kappa shape index (κ3) is 5.41. The molecular formula is C18H28ClN3O2S. The number of hydrogen-bond donors (Lipinski definition) is 1. The lowest BCUT2D eigenvalue weighted by atomic mass is 9.96. The number of nitrogens with one attached hydrogen (secondary N) is 1. The van der Waals surface area contributed by atoms with Crippen LogP contribution in [0.1, 0.15) is 18.4 Å². The van der Waals surface area contributed by atoms with E-state index in [0.29, 0.717) is 10.9 Å². The summed E-state index contributed by atoms with van der Waals surface area (Å²) < 4.78 is 23.3. The van der Waals surface area contributed by atoms with Crippen LogP contribution in [0.2, 0.25) is 5.02 Å². The highest BCUT2D eigenvalue weighted by Crippen LogP contribution is 2.25. The summed E-state index contributed by atoms with van der Waals surface area (Å²) in [6, 6.07) is 5.10. The molecule has 0 unspecified atom stereocenters. The number of halogens is 1. The molecule has 0 bridgehead atoms. The molecule has 1 N–H and O–H groups in total. The number of rotatable bonds is 5. The van der Waals surface area contributed by atoms with E-state index >= 15 is 0 Å². The molecule has 1 atom stereocenters. The summed E-state index contributed by atoms with van der Waals surface area (Å²) in [5.41, 5.74) is 1.01. The molecule has 140 valence electrons. The Kier molecular flexibility index (Phi) is 6.39. The van der Waals surface area contributed by atoms with Crippen molar-refractivity contribution in [3.63, 3.8) is 0 Å². The first-order valence-corrected chi connectivity index (χ1v) is 11.3. The molecule has 25 heavy (non-hydrogen) atoms. The van der Waals surface area contributed by atoms with Gasteiger partial charge in [-0.05, 0) is 43.0 Å². The van der Waals surface area contributed by atoms with Gasteiger partial charge in [0.2, 0.25) is 0 Å². The van der Waals surface area contributed by atoms with Crippen LogP contribution in [0.15, 0.2) is 23.1 Å². The highest BCUT2D eigenvalue weighted by molar-refractivity contribution is 7.90. The van der Waals surface area contributed by atoms with E-state index in [1.54, 1.807) is 12.1 Å². The first-order chi connectivity index (χ1) is 11.9. The summed E-state index contributed by atoms with van der Waals surface area (Å²) in [5, 5.41) is 3.95. The van der Waals surface area contributed by atoms with Gasteiger partial charge in [-0.2, -0.15) is 0 Å². The lowest BCUT2D eigenvalue weighted by molar-refractivity contribution is 0.121. The second-order valence-corrected chi connectivity index (χ2v) is 9.74. The summed E-state index contributed by atoms with van der Waals surface area (Å²) in [6.07, 6.45) is 3.72. The smallest absolute Gasteiger partial charge is 0.175 e. The molecule has 2 heterocycles. The maximum atomic E-state index is 11.6. The molecule has 0 aliphatic carbocycles. The minimum atomic E-state index is -3.21. The second-order valence-electron chi connectivity index (χ2n) is 7.32. The van der Waals surface area contributed by atoms with Crippen LogP contribution < -0.4 is 5.32 Å². The van der Waals surface area contributed by atoms with Gasteiger partial charge < -0.3 is 10.2 Å². The number of nitrogens with zero attached hydrogens (tertiary/aromatic N) is 2. The fourth-order valence-corrected chi connectivity index (χ4v) is 4.78. The summed E-state index contributed by atoms with van der Waals surface area (Å²) in [5.74, 6) is 0.709. The molecule has 0 amide bonds. The van der Waals surface area contributed by atoms with Crippen LogP contribution in [0, 0.1) is 5.92 Å². The molecule has 7 heteroatoms. The molecule has 2 aliphatic heterocycles. The summed E-state index contributed by atoms with van der Waals surface area (Å²) >= 11 is 6.34. The van der Waals surface area contributed by atoms with Gasteiger partial charge in [-0.3, -0.25) is 4.90 Å². The number of piperazine rings is 1. The Morgan fingerprint density at radius 2 is 1.96 bits per heavy atom. The van der Waals surface area contributed by atoms with Crippen molar-refractivity contribution in [3.8, 4) is 0 Å². The first-order valence-electron chi connectivity index (χ1n) is 9.06. The molecule has 2 fully saturated rings. The van der Waals surface area contributed by atoms with Gasteiger partial charge in [0.1, 0.15) is 0 Å². The van der Waals surface area contributed by atoms with E-state index in [0.717, 1.165) is 51.4 Å². The van der Waals surface area contributed by atoms with Crippen molar-refractivity contribution < 1.29 is 8.42 Å². The molecule has 2 saturated heterocycles. The highest BCUT2D eigenvalue weighted by atomic mass is 35.5. The highest BCUT2D eigenvalue weighted by Gasteiger charge is 2.23. The molecule has 1 aromatic rings. The summed E-state index contributed by atoms with van der Waals surface area (Å²) in [6.45, 7) is 8.64. The number of sulfone groups is 1. The monoisotopic (exact) mass is 385 g/mol. The zero-order valence-corrected chi connectivity index (χ0v) is 16.5. The Morgan fingerprint density at radius 1 is 1.20 bits per heavy atom. The van der Waals surface area contributed by atoms with E-state index < -0.39 is 9.84 Å². The van der Waals surface area contributed by atoms with Crippen LogP contribution in [-0.2, 0) is 16.4 Å². The van der Waals surface area contributed by atoms with E-state index in [9.17, 15) is 8.42 Å². The third-order valence-corrected chi connectivity index (χ3v) is 6.64. The van der Waals surface area contributed by atoms with Gasteiger partial charge in [-0.1, -0.05) is 17.7 Å². The molecule has 0 spiro atoms. The van der Waals surface area contributed by atoms with Crippen LogP contribution >= 0.6 is 11.6 Å². The zero-order valence-electron chi connectivity index (χ0n) is 14.9. The van der Waals surface area contributed by atoms with E-state index in [1.165, 1.54) is 25.6 Å². The lowest BCUT2D eigenvalue weighted by Gasteiger charge is -2.37. The van der Waals surface area contributed by atoms with E-state index in [2.05, 4.69) is 15.1 Å². The maximum Gasteiger partial charge on any atom is 0.175 e. The van der Waals surface area contributed by atoms with Gasteiger partial charge in [0.15, 0.2) is 9.84 Å². The Hall–Kier alpha value is -0.660. The van der Waals surface area contributed by atoms with Crippen molar-refractivity contribution in [2.45, 2.75) is 24.3 Å². The van der Waals surface area contributed by atoms with Crippen molar-refractivity contribution in [3.05, 3.63) is 28.8 Å². The number of piperidine rings is 1. The van der Waals surface area contributed by atoms with E-state index in [4.69, 9.17) is 11.6 Å². The lowest BCUT2D eigenvalue weighted by Crippen LogP contribution is -2.47. The average Bonchev–Trinajstić information content (AvgIpc) is 2.57. The van der Waals surface area contributed by atoms with Gasteiger partial charge in [-0.25, -0.2) is 8.42 Å². The number of benzene rings is 1. The zero-order chi connectivity index (χ0) is 17.9. The van der Waals surface area contributed by atoms with Crippen LogP contribution in [0.4, 0.5) is 0 Å². The quantitative estimate of drug-likeness (QED) is 0.838. The van der Waals surface area contributed by atoms with Crippen LogP contribution in [-0.4, -0.2) is 70.3 Å². The molecule has 1 aromatic carbocycles. The topological polar surface area (TPSA) is 52.7 Å². The molecular weight excluding hydrogens is 358 g/mol. The molecule has 0 radical (unpaired) electrons. The SMILES string of the molecule is CS(=O)(=O)c1ccc(CN2CCC[C@@H](CN3CCNCC3)C2)c(Cl)c1.